The second-order valence-electron chi connectivity index (χ2n) is 3.45. The number of hydrogen-bond donors (Lipinski definition) is 0. The molecule has 0 unspecified atom stereocenters. The molecule has 0 amide bonds. The summed E-state index contributed by atoms with van der Waals surface area (Å²) in [6.07, 6.45) is 1.66. The Balaban J connectivity index is 2.90. The first-order chi connectivity index (χ1) is 6.09. The molecule has 13 heavy (non-hydrogen) atoms. The van der Waals surface area contributed by atoms with Crippen molar-refractivity contribution in [2.45, 2.75) is 20.8 Å². The fourth-order valence-electron chi connectivity index (χ4n) is 1.06. The predicted molar refractivity (Wildman–Crippen MR) is 54.9 cm³/mol. The van der Waals surface area contributed by atoms with Crippen LogP contribution in [0.4, 0.5) is 0 Å². The molecule has 1 nitrogen and oxygen atoms in total. The minimum Gasteiger partial charge on any atom is -0.289 e. The Kier molecular flexibility index (Phi) is 3.02. The van der Waals surface area contributed by atoms with Crippen molar-refractivity contribution in [3.63, 3.8) is 0 Å². The second-order valence-corrected chi connectivity index (χ2v) is 3.45. The molecule has 0 fully saturated rings. The van der Waals surface area contributed by atoms with Crippen molar-refractivity contribution in [2.75, 3.05) is 0 Å². The summed E-state index contributed by atoms with van der Waals surface area (Å²) >= 11 is 0. The highest BCUT2D eigenvalue weighted by Crippen LogP contribution is 2.05. The minimum atomic E-state index is 0.0833. The van der Waals surface area contributed by atoms with Gasteiger partial charge in [-0.05, 0) is 26.8 Å². The Labute approximate surface area is 79.1 Å². The average Bonchev–Trinajstić information content (AvgIpc) is 2.04. The van der Waals surface area contributed by atoms with Gasteiger partial charge in [0.1, 0.15) is 0 Å². The van der Waals surface area contributed by atoms with Crippen LogP contribution in [0.5, 0.6) is 0 Å². The maximum atomic E-state index is 11.5. The number of benzene rings is 1. The summed E-state index contributed by atoms with van der Waals surface area (Å²) in [5.74, 6) is 0.0833. The summed E-state index contributed by atoms with van der Waals surface area (Å²) in [7, 11) is 0. The van der Waals surface area contributed by atoms with E-state index in [1.54, 1.807) is 6.08 Å². The maximum absolute atomic E-state index is 11.5. The molecule has 0 aromatic heterocycles. The lowest BCUT2D eigenvalue weighted by Crippen LogP contribution is -1.94. The molecule has 1 aromatic carbocycles. The summed E-state index contributed by atoms with van der Waals surface area (Å²) in [4.78, 5) is 11.5. The van der Waals surface area contributed by atoms with Crippen molar-refractivity contribution >= 4 is 5.78 Å². The Morgan fingerprint density at radius 2 is 1.69 bits per heavy atom. The van der Waals surface area contributed by atoms with Gasteiger partial charge in [-0.3, -0.25) is 4.79 Å². The summed E-state index contributed by atoms with van der Waals surface area (Å²) in [6.45, 7) is 5.85. The van der Waals surface area contributed by atoms with Crippen LogP contribution >= 0.6 is 0 Å². The van der Waals surface area contributed by atoms with Crippen LogP contribution in [-0.2, 0) is 0 Å². The third kappa shape index (κ3) is 2.86. The van der Waals surface area contributed by atoms with Gasteiger partial charge in [0.25, 0.3) is 0 Å². The van der Waals surface area contributed by atoms with Gasteiger partial charge >= 0.3 is 0 Å². The fraction of sp³-hybridized carbons (Fsp3) is 0.250. The number of allylic oxidation sites excluding steroid dienone is 2. The minimum absolute atomic E-state index is 0.0833. The summed E-state index contributed by atoms with van der Waals surface area (Å²) in [5, 5.41) is 0. The molecule has 0 radical (unpaired) electrons. The van der Waals surface area contributed by atoms with Crippen LogP contribution in [-0.4, -0.2) is 5.78 Å². The van der Waals surface area contributed by atoms with Gasteiger partial charge in [-0.2, -0.15) is 0 Å². The highest BCUT2D eigenvalue weighted by atomic mass is 16.1. The van der Waals surface area contributed by atoms with Crippen molar-refractivity contribution < 1.29 is 4.79 Å². The van der Waals surface area contributed by atoms with Gasteiger partial charge < -0.3 is 0 Å². The van der Waals surface area contributed by atoms with Crippen LogP contribution in [0.2, 0.25) is 0 Å². The first kappa shape index (κ1) is 9.72. The van der Waals surface area contributed by atoms with Crippen LogP contribution in [0.25, 0.3) is 0 Å². The zero-order valence-corrected chi connectivity index (χ0v) is 8.29. The molecular weight excluding hydrogens is 160 g/mol. The molecule has 0 N–H and O–H groups in total. The normalized spacial score (nSPS) is 9.46. The molecule has 0 aliphatic carbocycles. The summed E-state index contributed by atoms with van der Waals surface area (Å²) < 4.78 is 0. The average molecular weight is 174 g/mol. The first-order valence-electron chi connectivity index (χ1n) is 4.35. The molecular formula is C12H14O. The van der Waals surface area contributed by atoms with Crippen LogP contribution < -0.4 is 0 Å². The molecule has 0 aliphatic heterocycles. The first-order valence-corrected chi connectivity index (χ1v) is 4.35. The lowest BCUT2D eigenvalue weighted by Gasteiger charge is -1.97. The molecule has 0 atom stereocenters. The SMILES string of the molecule is CC(C)=CC(=O)c1ccc(C)cc1. The zero-order chi connectivity index (χ0) is 9.84. The summed E-state index contributed by atoms with van der Waals surface area (Å²) in [5.41, 5.74) is 2.96. The van der Waals surface area contributed by atoms with E-state index < -0.39 is 0 Å². The monoisotopic (exact) mass is 174 g/mol. The number of ketones is 1. The van der Waals surface area contributed by atoms with Gasteiger partial charge in [-0.25, -0.2) is 0 Å². The van der Waals surface area contributed by atoms with E-state index in [1.807, 2.05) is 45.0 Å². The molecule has 0 heterocycles. The number of aryl methyl sites for hydroxylation is 1. The Bertz CT molecular complexity index is 327. The number of rotatable bonds is 2. The zero-order valence-electron chi connectivity index (χ0n) is 8.29. The molecule has 0 spiro atoms. The highest BCUT2D eigenvalue weighted by molar-refractivity contribution is 6.04. The van der Waals surface area contributed by atoms with Crippen LogP contribution in [0.3, 0.4) is 0 Å². The number of carbonyl (C=O) groups excluding carboxylic acids is 1. The predicted octanol–water partition coefficient (Wildman–Crippen LogP) is 3.14. The molecule has 0 saturated carbocycles. The Morgan fingerprint density at radius 1 is 1.15 bits per heavy atom. The van der Waals surface area contributed by atoms with Gasteiger partial charge in [0, 0.05) is 5.56 Å². The van der Waals surface area contributed by atoms with Crippen LogP contribution in [0.15, 0.2) is 35.9 Å². The quantitative estimate of drug-likeness (QED) is 0.497. The molecule has 1 heteroatoms. The molecule has 0 aliphatic rings. The van der Waals surface area contributed by atoms with Crippen molar-refractivity contribution in [2.24, 2.45) is 0 Å². The second kappa shape index (κ2) is 4.04. The third-order valence-electron chi connectivity index (χ3n) is 1.76. The number of carbonyl (C=O) groups is 1. The van der Waals surface area contributed by atoms with E-state index in [0.717, 1.165) is 11.1 Å². The van der Waals surface area contributed by atoms with E-state index in [9.17, 15) is 4.79 Å². The van der Waals surface area contributed by atoms with E-state index in [0.29, 0.717) is 0 Å². The van der Waals surface area contributed by atoms with Gasteiger partial charge in [0.15, 0.2) is 5.78 Å². The molecule has 0 saturated heterocycles. The topological polar surface area (TPSA) is 17.1 Å². The van der Waals surface area contributed by atoms with E-state index in [4.69, 9.17) is 0 Å². The third-order valence-corrected chi connectivity index (χ3v) is 1.76. The van der Waals surface area contributed by atoms with Crippen LogP contribution in [0.1, 0.15) is 29.8 Å². The van der Waals surface area contributed by atoms with Crippen molar-refractivity contribution in [1.29, 1.82) is 0 Å². The highest BCUT2D eigenvalue weighted by Gasteiger charge is 2.00. The molecule has 0 bridgehead atoms. The fourth-order valence-corrected chi connectivity index (χ4v) is 1.06. The lowest BCUT2D eigenvalue weighted by atomic mass is 10.1. The van der Waals surface area contributed by atoms with Gasteiger partial charge in [-0.1, -0.05) is 35.4 Å². The Hall–Kier alpha value is -1.37. The summed E-state index contributed by atoms with van der Waals surface area (Å²) in [6, 6.07) is 7.62. The van der Waals surface area contributed by atoms with Crippen molar-refractivity contribution in [1.82, 2.24) is 0 Å². The van der Waals surface area contributed by atoms with Crippen LogP contribution in [0, 0.1) is 6.92 Å². The Morgan fingerprint density at radius 3 is 2.15 bits per heavy atom. The number of hydrogen-bond acceptors (Lipinski definition) is 1. The van der Waals surface area contributed by atoms with Gasteiger partial charge in [0.2, 0.25) is 0 Å². The van der Waals surface area contributed by atoms with Gasteiger partial charge in [0.05, 0.1) is 0 Å². The van der Waals surface area contributed by atoms with E-state index in [1.165, 1.54) is 5.56 Å². The maximum Gasteiger partial charge on any atom is 0.185 e. The molecule has 1 aromatic rings. The van der Waals surface area contributed by atoms with E-state index >= 15 is 0 Å². The van der Waals surface area contributed by atoms with E-state index in [2.05, 4.69) is 0 Å². The smallest absolute Gasteiger partial charge is 0.185 e. The van der Waals surface area contributed by atoms with Gasteiger partial charge in [-0.15, -0.1) is 0 Å². The lowest BCUT2D eigenvalue weighted by molar-refractivity contribution is 0.104. The molecule has 68 valence electrons. The largest absolute Gasteiger partial charge is 0.289 e. The molecule has 1 rings (SSSR count). The van der Waals surface area contributed by atoms with Crippen molar-refractivity contribution in [3.05, 3.63) is 47.0 Å². The standard InChI is InChI=1S/C12H14O/c1-9(2)8-12(13)11-6-4-10(3)5-7-11/h4-8H,1-3H3. The van der Waals surface area contributed by atoms with E-state index in [-0.39, 0.29) is 5.78 Å². The van der Waals surface area contributed by atoms with Crippen molar-refractivity contribution in [3.8, 4) is 0 Å².